The van der Waals surface area contributed by atoms with Crippen molar-refractivity contribution in [3.63, 3.8) is 0 Å². The maximum atomic E-state index is 13.1. The van der Waals surface area contributed by atoms with Gasteiger partial charge in [-0.1, -0.05) is 24.3 Å². The molecule has 10 heteroatoms. The van der Waals surface area contributed by atoms with E-state index in [2.05, 4.69) is 4.90 Å². The molecule has 2 bridgehead atoms. The number of hydrogen-bond acceptors (Lipinski definition) is 4. The van der Waals surface area contributed by atoms with Crippen LogP contribution in [0.1, 0.15) is 73.3 Å². The summed E-state index contributed by atoms with van der Waals surface area (Å²) in [6.07, 6.45) is -4.16. The molecule has 3 atom stereocenters. The summed E-state index contributed by atoms with van der Waals surface area (Å²) in [5.41, 5.74) is -0.765. The van der Waals surface area contributed by atoms with Gasteiger partial charge in [0, 0.05) is 37.9 Å². The molecule has 1 spiro atoms. The van der Waals surface area contributed by atoms with Crippen molar-refractivity contribution in [2.45, 2.75) is 87.7 Å². The van der Waals surface area contributed by atoms with Gasteiger partial charge in [-0.05, 0) is 61.1 Å². The highest BCUT2D eigenvalue weighted by Crippen LogP contribution is 2.47. The number of ether oxygens (including phenoxy) is 2. The van der Waals surface area contributed by atoms with E-state index in [-0.39, 0.29) is 30.3 Å². The number of benzene rings is 2. The van der Waals surface area contributed by atoms with Crippen LogP contribution in [0.15, 0.2) is 48.5 Å². The Kier molecular flexibility index (Phi) is 7.24. The van der Waals surface area contributed by atoms with Crippen LogP contribution >= 0.6 is 0 Å². The molecular weight excluding hydrogens is 512 g/mol. The first-order chi connectivity index (χ1) is 17.9. The first-order valence-corrected chi connectivity index (χ1v) is 12.8. The van der Waals surface area contributed by atoms with Crippen molar-refractivity contribution in [2.24, 2.45) is 0 Å². The summed E-state index contributed by atoms with van der Waals surface area (Å²) in [5, 5.41) is 0. The smallest absolute Gasteiger partial charge is 0.416 e. The molecule has 0 aliphatic carbocycles. The predicted molar refractivity (Wildman–Crippen MR) is 126 cm³/mol. The molecule has 3 saturated heterocycles. The number of halogens is 6. The zero-order valence-corrected chi connectivity index (χ0v) is 20.7. The Morgan fingerprint density at radius 2 is 1.45 bits per heavy atom. The third-order valence-electron chi connectivity index (χ3n) is 8.09. The average Bonchev–Trinajstić information content (AvgIpc) is 3.33. The van der Waals surface area contributed by atoms with Gasteiger partial charge >= 0.3 is 18.3 Å². The van der Waals surface area contributed by atoms with Gasteiger partial charge in [0.2, 0.25) is 0 Å². The van der Waals surface area contributed by atoms with Gasteiger partial charge < -0.3 is 9.47 Å². The second-order valence-electron chi connectivity index (χ2n) is 10.6. The van der Waals surface area contributed by atoms with Crippen molar-refractivity contribution >= 4 is 5.97 Å². The van der Waals surface area contributed by atoms with Crippen LogP contribution in [-0.4, -0.2) is 35.1 Å². The van der Waals surface area contributed by atoms with Crippen LogP contribution in [-0.2, 0) is 33.2 Å². The van der Waals surface area contributed by atoms with E-state index in [1.54, 1.807) is 0 Å². The first kappa shape index (κ1) is 27.0. The molecule has 0 aromatic heterocycles. The Morgan fingerprint density at radius 3 is 1.95 bits per heavy atom. The van der Waals surface area contributed by atoms with Crippen molar-refractivity contribution in [2.75, 3.05) is 6.54 Å². The molecule has 3 aliphatic heterocycles. The maximum absolute atomic E-state index is 13.1. The summed E-state index contributed by atoms with van der Waals surface area (Å²) in [6, 6.07) is 10.0. The molecular formula is C28H29F6NO3. The van der Waals surface area contributed by atoms with E-state index < -0.39 is 29.6 Å². The van der Waals surface area contributed by atoms with Crippen molar-refractivity contribution in [1.29, 1.82) is 0 Å². The summed E-state index contributed by atoms with van der Waals surface area (Å²) in [5.74, 6) is -0.142. The monoisotopic (exact) mass is 541 g/mol. The van der Waals surface area contributed by atoms with Crippen molar-refractivity contribution in [3.8, 4) is 0 Å². The lowest BCUT2D eigenvalue weighted by atomic mass is 9.83. The van der Waals surface area contributed by atoms with Gasteiger partial charge in [0.15, 0.2) is 0 Å². The Bertz CT molecular complexity index is 1120. The number of fused-ring (bicyclic) bond motifs is 2. The van der Waals surface area contributed by atoms with Gasteiger partial charge in [0.25, 0.3) is 0 Å². The maximum Gasteiger partial charge on any atom is 0.416 e. The number of rotatable bonds is 7. The van der Waals surface area contributed by atoms with Gasteiger partial charge in [-0.15, -0.1) is 0 Å². The predicted octanol–water partition coefficient (Wildman–Crippen LogP) is 7.07. The molecule has 4 nitrogen and oxygen atoms in total. The minimum atomic E-state index is -4.46. The van der Waals surface area contributed by atoms with Crippen LogP contribution in [0.25, 0.3) is 0 Å². The second kappa shape index (κ2) is 10.2. The summed E-state index contributed by atoms with van der Waals surface area (Å²) < 4.78 is 89.8. The summed E-state index contributed by atoms with van der Waals surface area (Å²) in [7, 11) is 0. The third kappa shape index (κ3) is 5.86. The first-order valence-electron chi connectivity index (χ1n) is 12.8. The molecule has 206 valence electrons. The summed E-state index contributed by atoms with van der Waals surface area (Å²) >= 11 is 0. The molecule has 0 radical (unpaired) electrons. The summed E-state index contributed by atoms with van der Waals surface area (Å²) in [4.78, 5) is 14.2. The van der Waals surface area contributed by atoms with Gasteiger partial charge in [0.05, 0.1) is 23.8 Å². The zero-order valence-electron chi connectivity index (χ0n) is 20.7. The lowest BCUT2D eigenvalue weighted by Gasteiger charge is -2.44. The standard InChI is InChI=1S/C28H29F6NO3/c29-27(30,31)20-5-1-18(2-6-20)17-37-24(19-3-7-21(8-4-19)28(32,33)34)12-14-35-22-9-10-23(35)16-26(15-22)13-11-25(36)38-26/h1-8,22-24H,9-17H2. The lowest BCUT2D eigenvalue weighted by Crippen LogP contribution is -2.51. The van der Waals surface area contributed by atoms with E-state index in [1.165, 1.54) is 24.3 Å². The molecule has 0 N–H and O–H groups in total. The van der Waals surface area contributed by atoms with Gasteiger partial charge in [0.1, 0.15) is 5.60 Å². The van der Waals surface area contributed by atoms with E-state index in [9.17, 15) is 31.1 Å². The van der Waals surface area contributed by atoms with Crippen molar-refractivity contribution in [3.05, 3.63) is 70.8 Å². The minimum Gasteiger partial charge on any atom is -0.459 e. The van der Waals surface area contributed by atoms with Gasteiger partial charge in [-0.3, -0.25) is 9.69 Å². The number of piperidine rings is 1. The average molecular weight is 542 g/mol. The van der Waals surface area contributed by atoms with E-state index in [4.69, 9.17) is 9.47 Å². The molecule has 3 fully saturated rings. The minimum absolute atomic E-state index is 0.0236. The molecule has 2 aromatic carbocycles. The fraction of sp³-hybridized carbons (Fsp3) is 0.536. The fourth-order valence-electron chi connectivity index (χ4n) is 6.21. The number of esters is 1. The lowest BCUT2D eigenvalue weighted by molar-refractivity contribution is -0.154. The quantitative estimate of drug-likeness (QED) is 0.278. The number of alkyl halides is 6. The van der Waals surface area contributed by atoms with E-state index in [0.717, 1.165) is 56.4 Å². The van der Waals surface area contributed by atoms with Crippen LogP contribution in [0, 0.1) is 0 Å². The number of carbonyl (C=O) groups excluding carboxylic acids is 1. The van der Waals surface area contributed by atoms with E-state index >= 15 is 0 Å². The highest BCUT2D eigenvalue weighted by atomic mass is 19.4. The number of carbonyl (C=O) groups is 1. The Balaban J connectivity index is 1.28. The van der Waals surface area contributed by atoms with Gasteiger partial charge in [-0.25, -0.2) is 0 Å². The molecule has 2 aromatic rings. The fourth-order valence-corrected chi connectivity index (χ4v) is 6.21. The third-order valence-corrected chi connectivity index (χ3v) is 8.09. The van der Waals surface area contributed by atoms with Crippen LogP contribution in [0.5, 0.6) is 0 Å². The van der Waals surface area contributed by atoms with Crippen molar-refractivity contribution in [1.82, 2.24) is 4.90 Å². The topological polar surface area (TPSA) is 38.8 Å². The van der Waals surface area contributed by atoms with Crippen LogP contribution in [0.2, 0.25) is 0 Å². The van der Waals surface area contributed by atoms with Crippen molar-refractivity contribution < 1.29 is 40.6 Å². The Hall–Kier alpha value is -2.59. The number of hydrogen-bond donors (Lipinski definition) is 0. The molecule has 3 heterocycles. The second-order valence-corrected chi connectivity index (χ2v) is 10.6. The highest BCUT2D eigenvalue weighted by Gasteiger charge is 2.52. The number of nitrogens with zero attached hydrogens (tertiary/aromatic N) is 1. The normalized spacial score (nSPS) is 26.6. The van der Waals surface area contributed by atoms with Crippen LogP contribution in [0.4, 0.5) is 26.3 Å². The molecule has 0 saturated carbocycles. The Labute approximate surface area is 216 Å². The SMILES string of the molecule is O=C1CCC2(CC3CCC(C2)N3CCC(OCc2ccc(C(F)(F)F)cc2)c2ccc(C(F)(F)F)cc2)O1. The molecule has 0 amide bonds. The zero-order chi connectivity index (χ0) is 27.1. The molecule has 3 aliphatic rings. The largest absolute Gasteiger partial charge is 0.459 e. The van der Waals surface area contributed by atoms with Gasteiger partial charge in [-0.2, -0.15) is 26.3 Å². The summed E-state index contributed by atoms with van der Waals surface area (Å²) in [6.45, 7) is 0.674. The van der Waals surface area contributed by atoms with Crippen LogP contribution in [0.3, 0.4) is 0 Å². The van der Waals surface area contributed by atoms with E-state index in [1.807, 2.05) is 0 Å². The van der Waals surface area contributed by atoms with E-state index in [0.29, 0.717) is 30.5 Å². The molecule has 38 heavy (non-hydrogen) atoms. The Morgan fingerprint density at radius 1 is 0.895 bits per heavy atom. The molecule has 3 unspecified atom stereocenters. The molecule has 5 rings (SSSR count). The highest BCUT2D eigenvalue weighted by molar-refractivity contribution is 5.72. The van der Waals surface area contributed by atoms with Crippen LogP contribution < -0.4 is 0 Å².